The number of nitrogens with zero attached hydrogens (tertiary/aromatic N) is 2. The third-order valence-corrected chi connectivity index (χ3v) is 8.30. The maximum Gasteiger partial charge on any atom is 0.246 e. The summed E-state index contributed by atoms with van der Waals surface area (Å²) in [5, 5.41) is 3.36. The number of carbonyl (C=O) groups is 1. The molecule has 0 saturated carbocycles. The van der Waals surface area contributed by atoms with Gasteiger partial charge in [0, 0.05) is 19.0 Å². The lowest BCUT2D eigenvalue weighted by atomic mass is 9.97. The third-order valence-electron chi connectivity index (χ3n) is 5.45. The van der Waals surface area contributed by atoms with E-state index in [2.05, 4.69) is 10.3 Å². The number of halogens is 2. The lowest BCUT2D eigenvalue weighted by molar-refractivity contribution is -0.120. The standard InChI is InChI=1S/C21H21F2N3O3S2/c1-2-13-4-3-5-17-19(13)24-21(30-17)25-20(27)14-8-10-26(11-9-14)31(28,29)18-12-15(22)6-7-16(18)23/h3-7,12,14H,2,8-11H2,1H3,(H,24,25,27). The van der Waals surface area contributed by atoms with Crippen molar-refractivity contribution in [2.45, 2.75) is 31.1 Å². The minimum Gasteiger partial charge on any atom is -0.302 e. The van der Waals surface area contributed by atoms with Crippen LogP contribution in [0.15, 0.2) is 41.3 Å². The molecule has 0 spiro atoms. The van der Waals surface area contributed by atoms with E-state index in [1.807, 2.05) is 25.1 Å². The van der Waals surface area contributed by atoms with E-state index in [9.17, 15) is 22.0 Å². The van der Waals surface area contributed by atoms with Crippen LogP contribution >= 0.6 is 11.3 Å². The summed E-state index contributed by atoms with van der Waals surface area (Å²) in [4.78, 5) is 16.6. The van der Waals surface area contributed by atoms with Crippen LogP contribution in [0.25, 0.3) is 10.2 Å². The van der Waals surface area contributed by atoms with E-state index in [1.54, 1.807) is 0 Å². The van der Waals surface area contributed by atoms with Crippen molar-refractivity contribution in [1.29, 1.82) is 0 Å². The Morgan fingerprint density at radius 2 is 1.97 bits per heavy atom. The molecule has 0 unspecified atom stereocenters. The molecule has 1 amide bonds. The molecule has 10 heteroatoms. The molecule has 1 fully saturated rings. The Balaban J connectivity index is 1.43. The minimum absolute atomic E-state index is 0.0518. The Morgan fingerprint density at radius 3 is 2.68 bits per heavy atom. The number of anilines is 1. The molecule has 6 nitrogen and oxygen atoms in total. The second kappa shape index (κ2) is 8.60. The van der Waals surface area contributed by atoms with Gasteiger partial charge in [0.15, 0.2) is 5.13 Å². The number of amides is 1. The fourth-order valence-corrected chi connectivity index (χ4v) is 6.19. The number of benzene rings is 2. The molecule has 0 bridgehead atoms. The quantitative estimate of drug-likeness (QED) is 0.613. The number of rotatable bonds is 5. The highest BCUT2D eigenvalue weighted by atomic mass is 32.2. The summed E-state index contributed by atoms with van der Waals surface area (Å²) >= 11 is 1.40. The van der Waals surface area contributed by atoms with Crippen LogP contribution in [0, 0.1) is 17.6 Å². The summed E-state index contributed by atoms with van der Waals surface area (Å²) in [5.41, 5.74) is 1.99. The van der Waals surface area contributed by atoms with E-state index < -0.39 is 26.6 Å². The van der Waals surface area contributed by atoms with Crippen molar-refractivity contribution in [2.75, 3.05) is 18.4 Å². The van der Waals surface area contributed by atoms with E-state index in [4.69, 9.17) is 0 Å². The molecule has 4 rings (SSSR count). The van der Waals surface area contributed by atoms with Gasteiger partial charge in [0.2, 0.25) is 15.9 Å². The van der Waals surface area contributed by atoms with Crippen molar-refractivity contribution < 1.29 is 22.0 Å². The smallest absolute Gasteiger partial charge is 0.246 e. The normalized spacial score (nSPS) is 16.0. The number of sulfonamides is 1. The second-order valence-corrected chi connectivity index (χ2v) is 10.3. The van der Waals surface area contributed by atoms with Gasteiger partial charge in [-0.25, -0.2) is 22.2 Å². The van der Waals surface area contributed by atoms with Crippen LogP contribution < -0.4 is 5.32 Å². The van der Waals surface area contributed by atoms with Crippen LogP contribution in [0.3, 0.4) is 0 Å². The van der Waals surface area contributed by atoms with Crippen molar-refractivity contribution in [3.63, 3.8) is 0 Å². The molecule has 2 aromatic carbocycles. The first-order valence-corrected chi connectivity index (χ1v) is 12.2. The highest BCUT2D eigenvalue weighted by Crippen LogP contribution is 2.30. The molecule has 0 atom stereocenters. The molecule has 1 aliphatic rings. The van der Waals surface area contributed by atoms with Crippen molar-refractivity contribution >= 4 is 42.6 Å². The van der Waals surface area contributed by atoms with E-state index in [-0.39, 0.29) is 37.8 Å². The zero-order chi connectivity index (χ0) is 22.2. The van der Waals surface area contributed by atoms with Gasteiger partial charge in [-0.3, -0.25) is 4.79 Å². The van der Waals surface area contributed by atoms with Gasteiger partial charge in [-0.1, -0.05) is 30.4 Å². The summed E-state index contributed by atoms with van der Waals surface area (Å²) in [6.07, 6.45) is 1.41. The van der Waals surface area contributed by atoms with Crippen molar-refractivity contribution in [2.24, 2.45) is 5.92 Å². The van der Waals surface area contributed by atoms with Crippen LogP contribution in [0.5, 0.6) is 0 Å². The lowest BCUT2D eigenvalue weighted by Crippen LogP contribution is -2.41. The zero-order valence-corrected chi connectivity index (χ0v) is 18.4. The van der Waals surface area contributed by atoms with Crippen LogP contribution in [-0.2, 0) is 21.2 Å². The number of aromatic nitrogens is 1. The van der Waals surface area contributed by atoms with Gasteiger partial charge in [0.05, 0.1) is 10.2 Å². The summed E-state index contributed by atoms with van der Waals surface area (Å²) < 4.78 is 54.9. The zero-order valence-electron chi connectivity index (χ0n) is 16.8. The molecule has 0 radical (unpaired) electrons. The molecule has 2 heterocycles. The third kappa shape index (κ3) is 4.32. The Labute approximate surface area is 183 Å². The van der Waals surface area contributed by atoms with E-state index in [0.29, 0.717) is 11.2 Å². The predicted octanol–water partition coefficient (Wildman–Crippen LogP) is 4.18. The van der Waals surface area contributed by atoms with Gasteiger partial charge in [0.25, 0.3) is 0 Å². The van der Waals surface area contributed by atoms with Crippen LogP contribution in [-0.4, -0.2) is 36.7 Å². The summed E-state index contributed by atoms with van der Waals surface area (Å²) in [6, 6.07) is 8.27. The largest absolute Gasteiger partial charge is 0.302 e. The number of aryl methyl sites for hydroxylation is 1. The van der Waals surface area contributed by atoms with Crippen molar-refractivity contribution in [3.8, 4) is 0 Å². The van der Waals surface area contributed by atoms with E-state index in [1.165, 1.54) is 11.3 Å². The average molecular weight is 466 g/mol. The average Bonchev–Trinajstić information content (AvgIpc) is 3.17. The van der Waals surface area contributed by atoms with Crippen LogP contribution in [0.2, 0.25) is 0 Å². The number of para-hydroxylation sites is 1. The molecule has 1 aromatic heterocycles. The lowest BCUT2D eigenvalue weighted by Gasteiger charge is -2.30. The molecular weight excluding hydrogens is 444 g/mol. The first-order chi connectivity index (χ1) is 14.8. The first kappa shape index (κ1) is 21.8. The predicted molar refractivity (Wildman–Crippen MR) is 115 cm³/mol. The van der Waals surface area contributed by atoms with Crippen LogP contribution in [0.1, 0.15) is 25.3 Å². The molecule has 1 aliphatic heterocycles. The Kier molecular flexibility index (Phi) is 6.05. The number of fused-ring (bicyclic) bond motifs is 1. The first-order valence-electron chi connectivity index (χ1n) is 9.94. The maximum atomic E-state index is 14.0. The molecular formula is C21H21F2N3O3S2. The van der Waals surface area contributed by atoms with E-state index >= 15 is 0 Å². The molecule has 164 valence electrons. The van der Waals surface area contributed by atoms with Gasteiger partial charge < -0.3 is 5.32 Å². The van der Waals surface area contributed by atoms with Gasteiger partial charge in [0.1, 0.15) is 16.5 Å². The summed E-state index contributed by atoms with van der Waals surface area (Å²) in [6.45, 7) is 2.15. The fourth-order valence-electron chi connectivity index (χ4n) is 3.72. The molecule has 31 heavy (non-hydrogen) atoms. The van der Waals surface area contributed by atoms with Crippen molar-refractivity contribution in [1.82, 2.24) is 9.29 Å². The topological polar surface area (TPSA) is 79.4 Å². The SMILES string of the molecule is CCc1cccc2sc(NC(=O)C3CCN(S(=O)(=O)c4cc(F)ccc4F)CC3)nc12. The number of nitrogens with one attached hydrogen (secondary N) is 1. The van der Waals surface area contributed by atoms with Gasteiger partial charge >= 0.3 is 0 Å². The number of thiazole rings is 1. The van der Waals surface area contributed by atoms with Gasteiger partial charge in [-0.15, -0.1) is 0 Å². The van der Waals surface area contributed by atoms with Crippen LogP contribution in [0.4, 0.5) is 13.9 Å². The van der Waals surface area contributed by atoms with Crippen molar-refractivity contribution in [3.05, 3.63) is 53.6 Å². The highest BCUT2D eigenvalue weighted by Gasteiger charge is 2.34. The molecule has 3 aromatic rings. The van der Waals surface area contributed by atoms with Gasteiger partial charge in [-0.05, 0) is 49.1 Å². The minimum atomic E-state index is -4.17. The van der Waals surface area contributed by atoms with Gasteiger partial charge in [-0.2, -0.15) is 4.31 Å². The molecule has 1 saturated heterocycles. The number of hydrogen-bond acceptors (Lipinski definition) is 5. The Bertz CT molecular complexity index is 1240. The number of piperidine rings is 1. The molecule has 0 aliphatic carbocycles. The summed E-state index contributed by atoms with van der Waals surface area (Å²) in [7, 11) is -4.17. The monoisotopic (exact) mass is 465 g/mol. The number of hydrogen-bond donors (Lipinski definition) is 1. The Hall–Kier alpha value is -2.43. The second-order valence-electron chi connectivity index (χ2n) is 7.38. The highest BCUT2D eigenvalue weighted by molar-refractivity contribution is 7.89. The molecule has 1 N–H and O–H groups in total. The Morgan fingerprint density at radius 1 is 1.23 bits per heavy atom. The number of carbonyl (C=O) groups excluding carboxylic acids is 1. The van der Waals surface area contributed by atoms with E-state index in [0.717, 1.165) is 38.6 Å². The fraction of sp³-hybridized carbons (Fsp3) is 0.333. The maximum absolute atomic E-state index is 14.0. The summed E-state index contributed by atoms with van der Waals surface area (Å²) in [5.74, 6) is -2.42.